The molecule has 0 saturated heterocycles. The number of methoxy groups -OCH3 is 1. The predicted molar refractivity (Wildman–Crippen MR) is 79.0 cm³/mol. The van der Waals surface area contributed by atoms with Crippen LogP contribution in [0.15, 0.2) is 18.2 Å². The number of ether oxygens (including phenoxy) is 2. The second-order valence-corrected chi connectivity index (χ2v) is 5.02. The molecule has 0 fully saturated rings. The molecule has 0 aliphatic rings. The summed E-state index contributed by atoms with van der Waals surface area (Å²) < 4.78 is 10.9. The Morgan fingerprint density at radius 1 is 1.30 bits per heavy atom. The summed E-state index contributed by atoms with van der Waals surface area (Å²) in [6.07, 6.45) is 0.316. The van der Waals surface area contributed by atoms with Gasteiger partial charge in [0.25, 0.3) is 0 Å². The summed E-state index contributed by atoms with van der Waals surface area (Å²) in [6, 6.07) is 5.65. The van der Waals surface area contributed by atoms with Gasteiger partial charge >= 0.3 is 0 Å². The van der Waals surface area contributed by atoms with Gasteiger partial charge in [0, 0.05) is 12.1 Å². The summed E-state index contributed by atoms with van der Waals surface area (Å²) in [5, 5.41) is 2.81. The number of benzene rings is 1. The molecule has 3 N–H and O–H groups in total. The lowest BCUT2D eigenvalue weighted by atomic mass is 10.1. The Morgan fingerprint density at radius 2 is 2.00 bits per heavy atom. The van der Waals surface area contributed by atoms with Crippen LogP contribution in [0.5, 0.6) is 11.5 Å². The first-order valence-corrected chi connectivity index (χ1v) is 6.79. The maximum Gasteiger partial charge on any atom is 0.223 e. The lowest BCUT2D eigenvalue weighted by Gasteiger charge is -2.14. The molecule has 0 bridgehead atoms. The van der Waals surface area contributed by atoms with Gasteiger partial charge in [-0.25, -0.2) is 0 Å². The maximum atomic E-state index is 11.5. The third-order valence-electron chi connectivity index (χ3n) is 2.75. The van der Waals surface area contributed by atoms with Crippen LogP contribution in [-0.2, 0) is 4.79 Å². The normalized spacial score (nSPS) is 12.1. The van der Waals surface area contributed by atoms with Crippen LogP contribution in [0.1, 0.15) is 38.8 Å². The van der Waals surface area contributed by atoms with Crippen LogP contribution in [0.4, 0.5) is 0 Å². The van der Waals surface area contributed by atoms with Gasteiger partial charge in [0.05, 0.1) is 20.1 Å². The first kappa shape index (κ1) is 16.3. The van der Waals surface area contributed by atoms with Crippen molar-refractivity contribution >= 4 is 5.91 Å². The molecule has 5 heteroatoms. The van der Waals surface area contributed by atoms with Crippen LogP contribution in [-0.4, -0.2) is 25.7 Å². The molecule has 1 rings (SSSR count). The number of nitrogens with two attached hydrogens (primary N) is 1. The minimum Gasteiger partial charge on any atom is -0.493 e. The Balaban J connectivity index is 2.57. The Kier molecular flexibility index (Phi) is 6.31. The highest BCUT2D eigenvalue weighted by Crippen LogP contribution is 2.29. The number of amides is 1. The minimum atomic E-state index is -0.0604. The van der Waals surface area contributed by atoms with Gasteiger partial charge < -0.3 is 20.5 Å². The topological polar surface area (TPSA) is 73.6 Å². The fourth-order valence-electron chi connectivity index (χ4n) is 1.73. The van der Waals surface area contributed by atoms with Crippen molar-refractivity contribution in [1.82, 2.24) is 5.32 Å². The molecule has 20 heavy (non-hydrogen) atoms. The van der Waals surface area contributed by atoms with E-state index in [0.717, 1.165) is 5.56 Å². The second kappa shape index (κ2) is 7.75. The Bertz CT molecular complexity index is 445. The number of carbonyl (C=O) groups excluding carboxylic acids is 1. The molecule has 0 aliphatic heterocycles. The van der Waals surface area contributed by atoms with Crippen molar-refractivity contribution in [2.75, 3.05) is 13.7 Å². The van der Waals surface area contributed by atoms with Crippen LogP contribution < -0.4 is 20.5 Å². The molecule has 0 spiro atoms. The molecule has 0 heterocycles. The van der Waals surface area contributed by atoms with E-state index in [2.05, 4.69) is 5.32 Å². The zero-order chi connectivity index (χ0) is 15.1. The number of carbonyl (C=O) groups is 1. The summed E-state index contributed by atoms with van der Waals surface area (Å²) in [4.78, 5) is 11.5. The third-order valence-corrected chi connectivity index (χ3v) is 2.75. The lowest BCUT2D eigenvalue weighted by Crippen LogP contribution is -2.31. The van der Waals surface area contributed by atoms with E-state index >= 15 is 0 Å². The average molecular weight is 280 g/mol. The van der Waals surface area contributed by atoms with E-state index in [1.807, 2.05) is 39.0 Å². The standard InChI is InChI=1S/C15H24N2O3/c1-10(2)17-15(18)7-8-20-13-6-5-12(11(3)16)9-14(13)19-4/h5-6,9-11H,7-8,16H2,1-4H3,(H,17,18). The summed E-state index contributed by atoms with van der Waals surface area (Å²) in [5.41, 5.74) is 6.80. The van der Waals surface area contributed by atoms with Crippen LogP contribution in [0.25, 0.3) is 0 Å². The number of nitrogens with one attached hydrogen (secondary N) is 1. The maximum absolute atomic E-state index is 11.5. The molecule has 1 amide bonds. The van der Waals surface area contributed by atoms with E-state index in [-0.39, 0.29) is 18.0 Å². The van der Waals surface area contributed by atoms with Gasteiger partial charge in [0.1, 0.15) is 0 Å². The number of hydrogen-bond donors (Lipinski definition) is 2. The van der Waals surface area contributed by atoms with Gasteiger partial charge in [-0.1, -0.05) is 6.07 Å². The van der Waals surface area contributed by atoms with Gasteiger partial charge in [-0.2, -0.15) is 0 Å². The zero-order valence-electron chi connectivity index (χ0n) is 12.6. The first-order chi connectivity index (χ1) is 9.43. The highest BCUT2D eigenvalue weighted by molar-refractivity contribution is 5.76. The summed E-state index contributed by atoms with van der Waals surface area (Å²) in [7, 11) is 1.58. The van der Waals surface area contributed by atoms with Crippen LogP contribution in [0.3, 0.4) is 0 Å². The zero-order valence-corrected chi connectivity index (χ0v) is 12.6. The van der Waals surface area contributed by atoms with E-state index in [1.165, 1.54) is 0 Å². The first-order valence-electron chi connectivity index (χ1n) is 6.79. The Labute approximate surface area is 120 Å². The smallest absolute Gasteiger partial charge is 0.223 e. The second-order valence-electron chi connectivity index (χ2n) is 5.02. The summed E-state index contributed by atoms with van der Waals surface area (Å²) in [6.45, 7) is 6.07. The van der Waals surface area contributed by atoms with Gasteiger partial charge in [-0.3, -0.25) is 4.79 Å². The van der Waals surface area contributed by atoms with E-state index in [4.69, 9.17) is 15.2 Å². The van der Waals surface area contributed by atoms with E-state index < -0.39 is 0 Å². The van der Waals surface area contributed by atoms with Crippen LogP contribution >= 0.6 is 0 Å². The van der Waals surface area contributed by atoms with Crippen molar-refractivity contribution in [2.24, 2.45) is 5.73 Å². The van der Waals surface area contributed by atoms with Gasteiger partial charge in [-0.15, -0.1) is 0 Å². The lowest BCUT2D eigenvalue weighted by molar-refractivity contribution is -0.122. The molecule has 112 valence electrons. The SMILES string of the molecule is COc1cc(C(C)N)ccc1OCCC(=O)NC(C)C. The van der Waals surface area contributed by atoms with E-state index in [0.29, 0.717) is 24.5 Å². The fraction of sp³-hybridized carbons (Fsp3) is 0.533. The molecule has 1 atom stereocenters. The molecule has 1 unspecified atom stereocenters. The van der Waals surface area contributed by atoms with Crippen LogP contribution in [0, 0.1) is 0 Å². The molecule has 0 aromatic heterocycles. The van der Waals surface area contributed by atoms with E-state index in [1.54, 1.807) is 7.11 Å². The fourth-order valence-corrected chi connectivity index (χ4v) is 1.73. The highest BCUT2D eigenvalue weighted by atomic mass is 16.5. The highest BCUT2D eigenvalue weighted by Gasteiger charge is 2.09. The minimum absolute atomic E-state index is 0.0221. The van der Waals surface area contributed by atoms with Crippen molar-refractivity contribution < 1.29 is 14.3 Å². The van der Waals surface area contributed by atoms with E-state index in [9.17, 15) is 4.79 Å². The van der Waals surface area contributed by atoms with Crippen molar-refractivity contribution in [3.8, 4) is 11.5 Å². The van der Waals surface area contributed by atoms with Gasteiger partial charge in [-0.05, 0) is 38.5 Å². The number of rotatable bonds is 7. The number of hydrogen-bond acceptors (Lipinski definition) is 4. The Morgan fingerprint density at radius 3 is 2.55 bits per heavy atom. The predicted octanol–water partition coefficient (Wildman–Crippen LogP) is 2.01. The quantitative estimate of drug-likeness (QED) is 0.801. The molecular formula is C15H24N2O3. The molecule has 1 aromatic carbocycles. The largest absolute Gasteiger partial charge is 0.493 e. The molecule has 0 saturated carbocycles. The van der Waals surface area contributed by atoms with Crippen LogP contribution in [0.2, 0.25) is 0 Å². The van der Waals surface area contributed by atoms with Crippen molar-refractivity contribution in [1.29, 1.82) is 0 Å². The molecule has 5 nitrogen and oxygen atoms in total. The van der Waals surface area contributed by atoms with Crippen molar-refractivity contribution in [2.45, 2.75) is 39.3 Å². The van der Waals surface area contributed by atoms with Gasteiger partial charge in [0.2, 0.25) is 5.91 Å². The monoisotopic (exact) mass is 280 g/mol. The van der Waals surface area contributed by atoms with Crippen molar-refractivity contribution in [3.63, 3.8) is 0 Å². The van der Waals surface area contributed by atoms with Crippen molar-refractivity contribution in [3.05, 3.63) is 23.8 Å². The third kappa shape index (κ3) is 5.09. The summed E-state index contributed by atoms with van der Waals surface area (Å²) >= 11 is 0. The molecule has 1 aromatic rings. The Hall–Kier alpha value is -1.75. The van der Waals surface area contributed by atoms with Gasteiger partial charge in [0.15, 0.2) is 11.5 Å². The molecular weight excluding hydrogens is 256 g/mol. The summed E-state index contributed by atoms with van der Waals surface area (Å²) in [5.74, 6) is 1.23. The molecule has 0 radical (unpaired) electrons. The molecule has 0 aliphatic carbocycles. The average Bonchev–Trinajstić information content (AvgIpc) is 2.37.